The van der Waals surface area contributed by atoms with Crippen LogP contribution in [0.3, 0.4) is 0 Å². The van der Waals surface area contributed by atoms with Crippen LogP contribution in [-0.2, 0) is 0 Å². The normalized spacial score (nSPS) is 10.6. The van der Waals surface area contributed by atoms with Crippen molar-refractivity contribution in [2.45, 2.75) is 13.3 Å². The van der Waals surface area contributed by atoms with E-state index in [0.717, 1.165) is 0 Å². The molecule has 1 aromatic rings. The molecule has 0 amide bonds. The zero-order chi connectivity index (χ0) is 12.0. The summed E-state index contributed by atoms with van der Waals surface area (Å²) in [6.07, 6.45) is 2.89. The monoisotopic (exact) mass is 218 g/mol. The first kappa shape index (κ1) is 11.7. The van der Waals surface area contributed by atoms with Crippen LogP contribution in [0.1, 0.15) is 23.7 Å². The third-order valence-electron chi connectivity index (χ3n) is 1.75. The van der Waals surface area contributed by atoms with Crippen LogP contribution in [0.4, 0.5) is 5.69 Å². The predicted octanol–water partition coefficient (Wildman–Crippen LogP) is 1.48. The van der Waals surface area contributed by atoms with Crippen molar-refractivity contribution in [3.05, 3.63) is 24.0 Å². The fourth-order valence-corrected chi connectivity index (χ4v) is 0.972. The summed E-state index contributed by atoms with van der Waals surface area (Å²) in [4.78, 5) is 14.5. The Hall–Kier alpha value is -2.42. The van der Waals surface area contributed by atoms with Crippen LogP contribution in [0, 0.1) is 11.3 Å². The van der Waals surface area contributed by atoms with E-state index in [1.807, 2.05) is 6.07 Å². The van der Waals surface area contributed by atoms with Crippen molar-refractivity contribution in [3.8, 4) is 6.07 Å². The Bertz CT molecular complexity index is 462. The van der Waals surface area contributed by atoms with Gasteiger partial charge in [-0.3, -0.25) is 10.4 Å². The van der Waals surface area contributed by atoms with Gasteiger partial charge in [0.05, 0.1) is 18.2 Å². The fraction of sp³-hybridized carbons (Fsp3) is 0.200. The topological polar surface area (TPSA) is 98.4 Å². The van der Waals surface area contributed by atoms with E-state index in [-0.39, 0.29) is 12.0 Å². The molecule has 16 heavy (non-hydrogen) atoms. The third-order valence-corrected chi connectivity index (χ3v) is 1.75. The van der Waals surface area contributed by atoms with Crippen molar-refractivity contribution in [1.29, 1.82) is 5.26 Å². The molecule has 6 heteroatoms. The molecule has 0 aliphatic rings. The van der Waals surface area contributed by atoms with Gasteiger partial charge in [-0.1, -0.05) is 0 Å². The summed E-state index contributed by atoms with van der Waals surface area (Å²) in [7, 11) is 0. The summed E-state index contributed by atoms with van der Waals surface area (Å²) in [5.74, 6) is -1.08. The number of nitrogens with zero attached hydrogens (tertiary/aromatic N) is 3. The van der Waals surface area contributed by atoms with Gasteiger partial charge in [-0.15, -0.1) is 0 Å². The summed E-state index contributed by atoms with van der Waals surface area (Å²) in [5.41, 5.74) is 3.56. The van der Waals surface area contributed by atoms with Crippen LogP contribution in [0.5, 0.6) is 0 Å². The number of hydrogen-bond donors (Lipinski definition) is 2. The van der Waals surface area contributed by atoms with Crippen molar-refractivity contribution >= 4 is 17.4 Å². The average Bonchev–Trinajstić information content (AvgIpc) is 2.27. The van der Waals surface area contributed by atoms with Crippen LogP contribution in [0.2, 0.25) is 0 Å². The Kier molecular flexibility index (Phi) is 3.98. The van der Waals surface area contributed by atoms with Gasteiger partial charge in [0, 0.05) is 18.1 Å². The molecule has 0 bridgehead atoms. The molecule has 0 aliphatic carbocycles. The first-order valence-corrected chi connectivity index (χ1v) is 4.48. The van der Waals surface area contributed by atoms with Gasteiger partial charge in [-0.05, 0) is 13.0 Å². The molecule has 0 fully saturated rings. The molecular weight excluding hydrogens is 208 g/mol. The van der Waals surface area contributed by atoms with E-state index < -0.39 is 5.97 Å². The molecule has 0 atom stereocenters. The lowest BCUT2D eigenvalue weighted by Gasteiger charge is -2.04. The number of anilines is 1. The molecule has 0 saturated heterocycles. The molecule has 1 aromatic heterocycles. The lowest BCUT2D eigenvalue weighted by molar-refractivity contribution is 0.0697. The van der Waals surface area contributed by atoms with Crippen LogP contribution < -0.4 is 5.43 Å². The Labute approximate surface area is 92.2 Å². The van der Waals surface area contributed by atoms with E-state index in [1.165, 1.54) is 18.5 Å². The highest BCUT2D eigenvalue weighted by Gasteiger charge is 2.08. The number of carboxylic acids is 1. The maximum absolute atomic E-state index is 10.8. The van der Waals surface area contributed by atoms with E-state index in [0.29, 0.717) is 11.4 Å². The first-order valence-electron chi connectivity index (χ1n) is 4.48. The first-order chi connectivity index (χ1) is 7.65. The summed E-state index contributed by atoms with van der Waals surface area (Å²) in [6.45, 7) is 1.68. The highest BCUT2D eigenvalue weighted by molar-refractivity contribution is 5.94. The van der Waals surface area contributed by atoms with Gasteiger partial charge >= 0.3 is 5.97 Å². The SMILES string of the molecule is C/C(CC#N)=N\Nc1ccncc1C(=O)O. The Morgan fingerprint density at radius 2 is 2.50 bits per heavy atom. The average molecular weight is 218 g/mol. The minimum absolute atomic E-state index is 0.0380. The molecular formula is C10H10N4O2. The van der Waals surface area contributed by atoms with Crippen molar-refractivity contribution in [3.63, 3.8) is 0 Å². The fourth-order valence-electron chi connectivity index (χ4n) is 0.972. The molecule has 82 valence electrons. The Morgan fingerprint density at radius 3 is 3.12 bits per heavy atom. The lowest BCUT2D eigenvalue weighted by atomic mass is 10.2. The molecule has 0 saturated carbocycles. The number of aromatic nitrogens is 1. The van der Waals surface area contributed by atoms with Gasteiger partial charge in [0.1, 0.15) is 5.56 Å². The van der Waals surface area contributed by atoms with Crippen molar-refractivity contribution in [2.75, 3.05) is 5.43 Å². The molecule has 0 aromatic carbocycles. The zero-order valence-corrected chi connectivity index (χ0v) is 8.64. The zero-order valence-electron chi connectivity index (χ0n) is 8.64. The molecule has 2 N–H and O–H groups in total. The van der Waals surface area contributed by atoms with Crippen molar-refractivity contribution in [2.24, 2.45) is 5.10 Å². The van der Waals surface area contributed by atoms with Gasteiger partial charge in [0.15, 0.2) is 0 Å². The number of hydrogen-bond acceptors (Lipinski definition) is 5. The number of carbonyl (C=O) groups is 1. The lowest BCUT2D eigenvalue weighted by Crippen LogP contribution is -2.04. The van der Waals surface area contributed by atoms with Gasteiger partial charge < -0.3 is 5.11 Å². The molecule has 6 nitrogen and oxygen atoms in total. The maximum Gasteiger partial charge on any atom is 0.339 e. The summed E-state index contributed by atoms with van der Waals surface area (Å²) >= 11 is 0. The number of rotatable bonds is 4. The molecule has 0 radical (unpaired) electrons. The Balaban J connectivity index is 2.86. The quantitative estimate of drug-likeness (QED) is 0.589. The summed E-state index contributed by atoms with van der Waals surface area (Å²) in [5, 5.41) is 21.1. The summed E-state index contributed by atoms with van der Waals surface area (Å²) < 4.78 is 0. The second kappa shape index (κ2) is 5.46. The molecule has 1 heterocycles. The smallest absolute Gasteiger partial charge is 0.339 e. The van der Waals surface area contributed by atoms with Crippen LogP contribution in [-0.4, -0.2) is 21.8 Å². The summed E-state index contributed by atoms with van der Waals surface area (Å²) in [6, 6.07) is 3.45. The highest BCUT2D eigenvalue weighted by Crippen LogP contribution is 2.13. The molecule has 0 spiro atoms. The Morgan fingerprint density at radius 1 is 1.75 bits per heavy atom. The molecule has 0 unspecified atom stereocenters. The number of hydrazone groups is 1. The second-order valence-electron chi connectivity index (χ2n) is 3.02. The number of pyridine rings is 1. The molecule has 1 rings (SSSR count). The molecule has 0 aliphatic heterocycles. The number of carboxylic acid groups (broad SMARTS) is 1. The third kappa shape index (κ3) is 3.06. The van der Waals surface area contributed by atoms with Crippen LogP contribution in [0.25, 0.3) is 0 Å². The van der Waals surface area contributed by atoms with Gasteiger partial charge in [-0.25, -0.2) is 4.79 Å². The van der Waals surface area contributed by atoms with Gasteiger partial charge in [-0.2, -0.15) is 10.4 Å². The second-order valence-corrected chi connectivity index (χ2v) is 3.02. The van der Waals surface area contributed by atoms with E-state index >= 15 is 0 Å². The highest BCUT2D eigenvalue weighted by atomic mass is 16.4. The van der Waals surface area contributed by atoms with Crippen molar-refractivity contribution in [1.82, 2.24) is 4.98 Å². The van der Waals surface area contributed by atoms with Crippen LogP contribution >= 0.6 is 0 Å². The number of nitrogens with one attached hydrogen (secondary N) is 1. The van der Waals surface area contributed by atoms with E-state index in [2.05, 4.69) is 15.5 Å². The predicted molar refractivity (Wildman–Crippen MR) is 58.2 cm³/mol. The van der Waals surface area contributed by atoms with Crippen molar-refractivity contribution < 1.29 is 9.90 Å². The number of aromatic carboxylic acids is 1. The maximum atomic E-state index is 10.8. The van der Waals surface area contributed by atoms with Crippen LogP contribution in [0.15, 0.2) is 23.6 Å². The number of nitriles is 1. The van der Waals surface area contributed by atoms with E-state index in [4.69, 9.17) is 10.4 Å². The largest absolute Gasteiger partial charge is 0.478 e. The standard InChI is InChI=1S/C10H10N4O2/c1-7(2-4-11)13-14-9-3-5-12-6-8(9)10(15)16/h3,5-6H,2H2,1H3,(H,12,14)(H,15,16)/b13-7+. The van der Waals surface area contributed by atoms with Gasteiger partial charge in [0.2, 0.25) is 0 Å². The minimum atomic E-state index is -1.08. The van der Waals surface area contributed by atoms with Gasteiger partial charge in [0.25, 0.3) is 0 Å². The van der Waals surface area contributed by atoms with E-state index in [1.54, 1.807) is 6.92 Å². The minimum Gasteiger partial charge on any atom is -0.478 e. The van der Waals surface area contributed by atoms with E-state index in [9.17, 15) is 4.79 Å².